The first-order chi connectivity index (χ1) is 9.06. The Hall–Kier alpha value is -0.870. The molecule has 19 heavy (non-hydrogen) atoms. The summed E-state index contributed by atoms with van der Waals surface area (Å²) in [5.74, 6) is -0.0229. The molecule has 5 heteroatoms. The number of carbonyl (C=O) groups excluding carboxylic acids is 1. The molecule has 0 saturated carbocycles. The van der Waals surface area contributed by atoms with Gasteiger partial charge in [-0.15, -0.1) is 0 Å². The first-order valence-corrected chi connectivity index (χ1v) is 7.44. The smallest absolute Gasteiger partial charge is 0.178 e. The number of hydrogen-bond donors (Lipinski definition) is 0. The van der Waals surface area contributed by atoms with Crippen molar-refractivity contribution < 1.29 is 4.79 Å². The van der Waals surface area contributed by atoms with Gasteiger partial charge in [0.1, 0.15) is 0 Å². The Morgan fingerprint density at radius 1 is 1.32 bits per heavy atom. The molecule has 0 aliphatic carbocycles. The van der Waals surface area contributed by atoms with Gasteiger partial charge in [-0.25, -0.2) is 0 Å². The lowest BCUT2D eigenvalue weighted by molar-refractivity contribution is 0.0943. The van der Waals surface area contributed by atoms with E-state index in [2.05, 4.69) is 11.4 Å². The Labute approximate surface area is 126 Å². The molecule has 0 saturated heterocycles. The van der Waals surface area contributed by atoms with E-state index < -0.39 is 0 Å². The highest BCUT2D eigenvalue weighted by Crippen LogP contribution is 2.21. The second-order valence-corrected chi connectivity index (χ2v) is 5.97. The maximum absolute atomic E-state index is 12.2. The van der Waals surface area contributed by atoms with Crippen LogP contribution >= 0.6 is 34.5 Å². The number of nitrogens with zero attached hydrogens (tertiary/aromatic N) is 1. The fourth-order valence-electron chi connectivity index (χ4n) is 1.79. The summed E-state index contributed by atoms with van der Waals surface area (Å²) in [6.07, 6.45) is 0. The first kappa shape index (κ1) is 14.5. The molecule has 0 amide bonds. The molecule has 2 aromatic rings. The molecule has 0 bridgehead atoms. The van der Waals surface area contributed by atoms with Gasteiger partial charge in [0.15, 0.2) is 5.78 Å². The highest BCUT2D eigenvalue weighted by atomic mass is 35.5. The summed E-state index contributed by atoms with van der Waals surface area (Å²) < 4.78 is 0. The summed E-state index contributed by atoms with van der Waals surface area (Å²) in [6, 6.07) is 6.99. The van der Waals surface area contributed by atoms with E-state index in [1.54, 1.807) is 29.5 Å². The highest BCUT2D eigenvalue weighted by Gasteiger charge is 2.13. The van der Waals surface area contributed by atoms with Crippen molar-refractivity contribution in [1.29, 1.82) is 0 Å². The van der Waals surface area contributed by atoms with Gasteiger partial charge in [-0.2, -0.15) is 11.3 Å². The van der Waals surface area contributed by atoms with Crippen LogP contribution in [-0.4, -0.2) is 24.3 Å². The normalized spacial score (nSPS) is 10.9. The third-order valence-electron chi connectivity index (χ3n) is 2.67. The minimum Gasteiger partial charge on any atom is -0.295 e. The van der Waals surface area contributed by atoms with Crippen LogP contribution in [0.4, 0.5) is 0 Å². The molecule has 0 spiro atoms. The Bertz CT molecular complexity index is 569. The van der Waals surface area contributed by atoms with Gasteiger partial charge in [-0.3, -0.25) is 9.69 Å². The summed E-state index contributed by atoms with van der Waals surface area (Å²) in [4.78, 5) is 14.1. The fourth-order valence-corrected chi connectivity index (χ4v) is 2.85. The second-order valence-electron chi connectivity index (χ2n) is 4.35. The molecular weight excluding hydrogens is 301 g/mol. The summed E-state index contributed by atoms with van der Waals surface area (Å²) in [7, 11) is 1.91. The fraction of sp³-hybridized carbons (Fsp3) is 0.214. The molecule has 0 radical (unpaired) electrons. The van der Waals surface area contributed by atoms with Crippen LogP contribution in [0.3, 0.4) is 0 Å². The molecule has 0 N–H and O–H groups in total. The SMILES string of the molecule is CN(CC(=O)c1cc(Cl)ccc1Cl)Cc1ccsc1. The lowest BCUT2D eigenvalue weighted by Crippen LogP contribution is -2.25. The number of likely N-dealkylation sites (N-methyl/N-ethyl adjacent to an activating group) is 1. The van der Waals surface area contributed by atoms with E-state index in [9.17, 15) is 4.79 Å². The average molecular weight is 314 g/mol. The highest BCUT2D eigenvalue weighted by molar-refractivity contribution is 7.07. The summed E-state index contributed by atoms with van der Waals surface area (Å²) in [5, 5.41) is 5.07. The van der Waals surface area contributed by atoms with Crippen molar-refractivity contribution >= 4 is 40.3 Å². The van der Waals surface area contributed by atoms with Crippen LogP contribution in [0.2, 0.25) is 10.0 Å². The van der Waals surface area contributed by atoms with Crippen molar-refractivity contribution in [2.75, 3.05) is 13.6 Å². The number of rotatable bonds is 5. The van der Waals surface area contributed by atoms with Crippen LogP contribution in [0, 0.1) is 0 Å². The molecule has 2 nitrogen and oxygen atoms in total. The number of hydrogen-bond acceptors (Lipinski definition) is 3. The Kier molecular flexibility index (Phi) is 4.99. The molecule has 100 valence electrons. The zero-order valence-corrected chi connectivity index (χ0v) is 12.7. The van der Waals surface area contributed by atoms with Crippen molar-refractivity contribution in [1.82, 2.24) is 4.90 Å². The maximum Gasteiger partial charge on any atom is 0.178 e. The lowest BCUT2D eigenvalue weighted by atomic mass is 10.1. The first-order valence-electron chi connectivity index (χ1n) is 5.74. The van der Waals surface area contributed by atoms with Crippen molar-refractivity contribution in [2.45, 2.75) is 6.54 Å². The number of thiophene rings is 1. The summed E-state index contributed by atoms with van der Waals surface area (Å²) >= 11 is 13.6. The Morgan fingerprint density at radius 2 is 2.11 bits per heavy atom. The molecule has 1 heterocycles. The van der Waals surface area contributed by atoms with Gasteiger partial charge in [0.25, 0.3) is 0 Å². The van der Waals surface area contributed by atoms with Crippen LogP contribution in [-0.2, 0) is 6.54 Å². The van der Waals surface area contributed by atoms with Crippen LogP contribution in [0.5, 0.6) is 0 Å². The lowest BCUT2D eigenvalue weighted by Gasteiger charge is -2.15. The van der Waals surface area contributed by atoms with Gasteiger partial charge in [-0.05, 0) is 47.6 Å². The van der Waals surface area contributed by atoms with Gasteiger partial charge >= 0.3 is 0 Å². The van der Waals surface area contributed by atoms with Crippen LogP contribution in [0.15, 0.2) is 35.0 Å². The molecular formula is C14H13Cl2NOS. The van der Waals surface area contributed by atoms with E-state index in [1.165, 1.54) is 5.56 Å². The Morgan fingerprint density at radius 3 is 2.79 bits per heavy atom. The average Bonchev–Trinajstić information content (AvgIpc) is 2.84. The number of Topliss-reactive ketones (excluding diaryl/α,β-unsaturated/α-hetero) is 1. The van der Waals surface area contributed by atoms with E-state index in [0.717, 1.165) is 6.54 Å². The molecule has 0 aliphatic heterocycles. The molecule has 0 atom stereocenters. The third kappa shape index (κ3) is 4.05. The van der Waals surface area contributed by atoms with Crippen LogP contribution in [0.25, 0.3) is 0 Å². The van der Waals surface area contributed by atoms with Crippen LogP contribution in [0.1, 0.15) is 15.9 Å². The zero-order valence-electron chi connectivity index (χ0n) is 10.4. The topological polar surface area (TPSA) is 20.3 Å². The molecule has 0 aliphatic rings. The van der Waals surface area contributed by atoms with E-state index in [4.69, 9.17) is 23.2 Å². The molecule has 0 fully saturated rings. The van der Waals surface area contributed by atoms with E-state index >= 15 is 0 Å². The summed E-state index contributed by atoms with van der Waals surface area (Å²) in [5.41, 5.74) is 1.68. The predicted octanol–water partition coefficient (Wildman–Crippen LogP) is 4.37. The van der Waals surface area contributed by atoms with Crippen LogP contribution < -0.4 is 0 Å². The predicted molar refractivity (Wildman–Crippen MR) is 81.4 cm³/mol. The van der Waals surface area contributed by atoms with E-state index in [1.807, 2.05) is 17.3 Å². The van der Waals surface area contributed by atoms with Gasteiger partial charge < -0.3 is 0 Å². The van der Waals surface area contributed by atoms with Gasteiger partial charge in [-0.1, -0.05) is 23.2 Å². The Balaban J connectivity index is 2.02. The van der Waals surface area contributed by atoms with Crippen molar-refractivity contribution in [3.63, 3.8) is 0 Å². The standard InChI is InChI=1S/C14H13Cl2NOS/c1-17(7-10-4-5-19-9-10)8-14(18)12-6-11(15)2-3-13(12)16/h2-6,9H,7-8H2,1H3. The molecule has 1 aromatic heterocycles. The zero-order chi connectivity index (χ0) is 13.8. The second kappa shape index (κ2) is 6.53. The van der Waals surface area contributed by atoms with Crippen molar-refractivity contribution in [2.24, 2.45) is 0 Å². The molecule has 2 rings (SSSR count). The monoisotopic (exact) mass is 313 g/mol. The summed E-state index contributed by atoms with van der Waals surface area (Å²) in [6.45, 7) is 1.06. The maximum atomic E-state index is 12.2. The van der Waals surface area contributed by atoms with E-state index in [0.29, 0.717) is 22.2 Å². The number of halogens is 2. The van der Waals surface area contributed by atoms with Gasteiger partial charge in [0.2, 0.25) is 0 Å². The number of benzene rings is 1. The quantitative estimate of drug-likeness (QED) is 0.764. The minimum absolute atomic E-state index is 0.0229. The largest absolute Gasteiger partial charge is 0.295 e. The number of carbonyl (C=O) groups is 1. The van der Waals surface area contributed by atoms with Crippen molar-refractivity contribution in [3.05, 3.63) is 56.2 Å². The van der Waals surface area contributed by atoms with Gasteiger partial charge in [0, 0.05) is 17.1 Å². The van der Waals surface area contributed by atoms with Crippen molar-refractivity contribution in [3.8, 4) is 0 Å². The number of ketones is 1. The van der Waals surface area contributed by atoms with Gasteiger partial charge in [0.05, 0.1) is 11.6 Å². The molecule has 1 aromatic carbocycles. The molecule has 0 unspecified atom stereocenters. The van der Waals surface area contributed by atoms with E-state index in [-0.39, 0.29) is 5.78 Å². The third-order valence-corrected chi connectivity index (χ3v) is 3.97. The minimum atomic E-state index is -0.0229.